The van der Waals surface area contributed by atoms with E-state index in [2.05, 4.69) is 0 Å². The summed E-state index contributed by atoms with van der Waals surface area (Å²) >= 11 is 0. The third kappa shape index (κ3) is 1.96. The minimum atomic E-state index is -0.158. The van der Waals surface area contributed by atoms with E-state index in [1.807, 2.05) is 31.2 Å². The van der Waals surface area contributed by atoms with Crippen molar-refractivity contribution in [3.8, 4) is 5.75 Å². The summed E-state index contributed by atoms with van der Waals surface area (Å²) in [6, 6.07) is 7.64. The van der Waals surface area contributed by atoms with Crippen LogP contribution in [0.4, 0.5) is 0 Å². The molecule has 0 spiro atoms. The smallest absolute Gasteiger partial charge is 0.313 e. The Morgan fingerprint density at radius 1 is 1.53 bits per heavy atom. The number of carbonyl (C=O) groups excluding carboxylic acids is 1. The van der Waals surface area contributed by atoms with E-state index in [0.29, 0.717) is 19.6 Å². The SMILES string of the molecule is CCOC(=O)[C@H]1CCOc2ccccc21. The van der Waals surface area contributed by atoms with E-state index in [1.165, 1.54) is 0 Å². The highest BCUT2D eigenvalue weighted by Crippen LogP contribution is 2.33. The molecule has 0 radical (unpaired) electrons. The average Bonchev–Trinajstić information content (AvgIpc) is 2.28. The predicted molar refractivity (Wildman–Crippen MR) is 55.9 cm³/mol. The molecule has 3 heteroatoms. The summed E-state index contributed by atoms with van der Waals surface area (Å²) in [4.78, 5) is 11.7. The molecular formula is C12H14O3. The minimum Gasteiger partial charge on any atom is -0.493 e. The number of hydrogen-bond donors (Lipinski definition) is 0. The van der Waals surface area contributed by atoms with Crippen LogP contribution >= 0.6 is 0 Å². The van der Waals surface area contributed by atoms with Gasteiger partial charge in [-0.15, -0.1) is 0 Å². The summed E-state index contributed by atoms with van der Waals surface area (Å²) in [6.45, 7) is 2.84. The Morgan fingerprint density at radius 2 is 2.33 bits per heavy atom. The maximum absolute atomic E-state index is 11.7. The Balaban J connectivity index is 2.25. The van der Waals surface area contributed by atoms with Crippen molar-refractivity contribution in [3.63, 3.8) is 0 Å². The molecule has 1 aliphatic heterocycles. The first-order chi connectivity index (χ1) is 7.33. The molecule has 0 bridgehead atoms. The Morgan fingerprint density at radius 3 is 3.13 bits per heavy atom. The first-order valence-corrected chi connectivity index (χ1v) is 5.21. The van der Waals surface area contributed by atoms with Gasteiger partial charge in [0.25, 0.3) is 0 Å². The van der Waals surface area contributed by atoms with Crippen molar-refractivity contribution in [1.82, 2.24) is 0 Å². The largest absolute Gasteiger partial charge is 0.493 e. The van der Waals surface area contributed by atoms with Crippen LogP contribution in [-0.2, 0) is 9.53 Å². The van der Waals surface area contributed by atoms with Crippen molar-refractivity contribution >= 4 is 5.97 Å². The molecular weight excluding hydrogens is 192 g/mol. The van der Waals surface area contributed by atoms with Gasteiger partial charge in [-0.1, -0.05) is 18.2 Å². The molecule has 1 heterocycles. The third-order valence-electron chi connectivity index (χ3n) is 2.53. The van der Waals surface area contributed by atoms with Crippen LogP contribution in [0.2, 0.25) is 0 Å². The number of ether oxygens (including phenoxy) is 2. The van der Waals surface area contributed by atoms with Gasteiger partial charge in [0.2, 0.25) is 0 Å². The number of carbonyl (C=O) groups is 1. The number of para-hydroxylation sites is 1. The number of esters is 1. The zero-order chi connectivity index (χ0) is 10.7. The van der Waals surface area contributed by atoms with Crippen molar-refractivity contribution in [1.29, 1.82) is 0 Å². The lowest BCUT2D eigenvalue weighted by Gasteiger charge is -2.24. The van der Waals surface area contributed by atoms with E-state index in [1.54, 1.807) is 0 Å². The summed E-state index contributed by atoms with van der Waals surface area (Å²) in [5, 5.41) is 0. The van der Waals surface area contributed by atoms with Crippen molar-refractivity contribution in [2.45, 2.75) is 19.3 Å². The van der Waals surface area contributed by atoms with E-state index in [0.717, 1.165) is 11.3 Å². The van der Waals surface area contributed by atoms with Gasteiger partial charge in [-0.25, -0.2) is 0 Å². The summed E-state index contributed by atoms with van der Waals surface area (Å²) < 4.78 is 10.5. The van der Waals surface area contributed by atoms with Crippen molar-refractivity contribution in [2.75, 3.05) is 13.2 Å². The van der Waals surface area contributed by atoms with Crippen molar-refractivity contribution < 1.29 is 14.3 Å². The average molecular weight is 206 g/mol. The molecule has 2 rings (SSSR count). The highest BCUT2D eigenvalue weighted by molar-refractivity contribution is 5.79. The van der Waals surface area contributed by atoms with E-state index >= 15 is 0 Å². The number of hydrogen-bond acceptors (Lipinski definition) is 3. The molecule has 80 valence electrons. The maximum atomic E-state index is 11.7. The van der Waals surface area contributed by atoms with Crippen LogP contribution in [0.5, 0.6) is 5.75 Å². The number of benzene rings is 1. The Hall–Kier alpha value is -1.51. The fourth-order valence-corrected chi connectivity index (χ4v) is 1.83. The molecule has 0 aliphatic carbocycles. The molecule has 15 heavy (non-hydrogen) atoms. The zero-order valence-corrected chi connectivity index (χ0v) is 8.73. The van der Waals surface area contributed by atoms with Gasteiger partial charge in [-0.2, -0.15) is 0 Å². The molecule has 0 unspecified atom stereocenters. The van der Waals surface area contributed by atoms with E-state index < -0.39 is 0 Å². The van der Waals surface area contributed by atoms with Crippen molar-refractivity contribution in [2.24, 2.45) is 0 Å². The first-order valence-electron chi connectivity index (χ1n) is 5.21. The van der Waals surface area contributed by atoms with Gasteiger partial charge in [0.05, 0.1) is 19.1 Å². The molecule has 0 N–H and O–H groups in total. The molecule has 0 aromatic heterocycles. The topological polar surface area (TPSA) is 35.5 Å². The van der Waals surface area contributed by atoms with Crippen molar-refractivity contribution in [3.05, 3.63) is 29.8 Å². The molecule has 1 aromatic carbocycles. The molecule has 0 fully saturated rings. The van der Waals surface area contributed by atoms with E-state index in [9.17, 15) is 4.79 Å². The minimum absolute atomic E-state index is 0.145. The second-order valence-corrected chi connectivity index (χ2v) is 3.48. The first kappa shape index (κ1) is 10.0. The summed E-state index contributed by atoms with van der Waals surface area (Å²) in [7, 11) is 0. The van der Waals surface area contributed by atoms with E-state index in [4.69, 9.17) is 9.47 Å². The molecule has 3 nitrogen and oxygen atoms in total. The fraction of sp³-hybridized carbons (Fsp3) is 0.417. The fourth-order valence-electron chi connectivity index (χ4n) is 1.83. The van der Waals surface area contributed by atoms with Crippen LogP contribution in [0.15, 0.2) is 24.3 Å². The second-order valence-electron chi connectivity index (χ2n) is 3.48. The van der Waals surface area contributed by atoms with Gasteiger partial charge in [0, 0.05) is 5.56 Å². The quantitative estimate of drug-likeness (QED) is 0.695. The van der Waals surface area contributed by atoms with Gasteiger partial charge in [0.1, 0.15) is 5.75 Å². The molecule has 0 saturated heterocycles. The van der Waals surface area contributed by atoms with Crippen LogP contribution in [0.25, 0.3) is 0 Å². The van der Waals surface area contributed by atoms with Gasteiger partial charge >= 0.3 is 5.97 Å². The standard InChI is InChI=1S/C12H14O3/c1-2-14-12(13)10-7-8-15-11-6-4-3-5-9(10)11/h3-6,10H,2,7-8H2,1H3/t10-/m0/s1. The Bertz CT molecular complexity index is 360. The predicted octanol–water partition coefficient (Wildman–Crippen LogP) is 2.12. The molecule has 1 atom stereocenters. The molecule has 0 saturated carbocycles. The summed E-state index contributed by atoms with van der Waals surface area (Å²) in [5.41, 5.74) is 0.946. The third-order valence-corrected chi connectivity index (χ3v) is 2.53. The van der Waals surface area contributed by atoms with Gasteiger partial charge in [-0.05, 0) is 19.4 Å². The molecule has 1 aromatic rings. The summed E-state index contributed by atoms with van der Waals surface area (Å²) in [5.74, 6) is 0.505. The monoisotopic (exact) mass is 206 g/mol. The van der Waals surface area contributed by atoms with Crippen LogP contribution in [0, 0.1) is 0 Å². The summed E-state index contributed by atoms with van der Waals surface area (Å²) in [6.07, 6.45) is 0.704. The number of rotatable bonds is 2. The molecule has 1 aliphatic rings. The lowest BCUT2D eigenvalue weighted by molar-refractivity contribution is -0.145. The van der Waals surface area contributed by atoms with Crippen LogP contribution < -0.4 is 4.74 Å². The van der Waals surface area contributed by atoms with Crippen LogP contribution in [-0.4, -0.2) is 19.2 Å². The highest BCUT2D eigenvalue weighted by atomic mass is 16.5. The van der Waals surface area contributed by atoms with Crippen LogP contribution in [0.1, 0.15) is 24.8 Å². The lowest BCUT2D eigenvalue weighted by Crippen LogP contribution is -2.23. The Kier molecular flexibility index (Phi) is 2.90. The highest BCUT2D eigenvalue weighted by Gasteiger charge is 2.28. The van der Waals surface area contributed by atoms with Gasteiger partial charge < -0.3 is 9.47 Å². The van der Waals surface area contributed by atoms with E-state index in [-0.39, 0.29) is 11.9 Å². The van der Waals surface area contributed by atoms with Crippen LogP contribution in [0.3, 0.4) is 0 Å². The van der Waals surface area contributed by atoms with Gasteiger partial charge in [0.15, 0.2) is 0 Å². The lowest BCUT2D eigenvalue weighted by atomic mass is 9.93. The molecule has 0 amide bonds. The zero-order valence-electron chi connectivity index (χ0n) is 8.73. The Labute approximate surface area is 89.0 Å². The van der Waals surface area contributed by atoms with Gasteiger partial charge in [-0.3, -0.25) is 4.79 Å². The maximum Gasteiger partial charge on any atom is 0.313 e. The number of fused-ring (bicyclic) bond motifs is 1. The normalized spacial score (nSPS) is 18.9. The second kappa shape index (κ2) is 4.34.